The molecule has 6 rings (SSSR count). The summed E-state index contributed by atoms with van der Waals surface area (Å²) in [4.78, 5) is 46.9. The van der Waals surface area contributed by atoms with Crippen LogP contribution in [0.2, 0.25) is 5.02 Å². The number of carbonyl (C=O) groups is 1. The van der Waals surface area contributed by atoms with Crippen LogP contribution in [-0.2, 0) is 17.9 Å². The summed E-state index contributed by atoms with van der Waals surface area (Å²) in [5.74, 6) is 0.444. The second-order valence-corrected chi connectivity index (χ2v) is 11.5. The predicted octanol–water partition coefficient (Wildman–Crippen LogP) is 6.50. The van der Waals surface area contributed by atoms with E-state index in [1.165, 1.54) is 0 Å². The molecule has 1 amide bonds. The molecule has 0 aliphatic carbocycles. The summed E-state index contributed by atoms with van der Waals surface area (Å²) >= 11 is 6.81. The lowest BCUT2D eigenvalue weighted by Gasteiger charge is -2.24. The number of ether oxygens (including phenoxy) is 1. The van der Waals surface area contributed by atoms with Crippen LogP contribution >= 0.6 is 11.6 Å². The normalized spacial score (nSPS) is 14.6. The molecule has 230 valence electrons. The zero-order valence-corrected chi connectivity index (χ0v) is 26.0. The maximum Gasteiger partial charge on any atom is 0.410 e. The number of pyridine rings is 1. The van der Waals surface area contributed by atoms with Crippen molar-refractivity contribution in [2.45, 2.75) is 52.3 Å². The number of likely N-dealkylation sites (tertiary alicyclic amines) is 1. The quantitative estimate of drug-likeness (QED) is 0.198. The number of nitrogens with one attached hydrogen (secondary N) is 1. The predicted molar refractivity (Wildman–Crippen MR) is 175 cm³/mol. The van der Waals surface area contributed by atoms with Crippen molar-refractivity contribution in [3.63, 3.8) is 0 Å². The van der Waals surface area contributed by atoms with Gasteiger partial charge in [0.2, 0.25) is 5.95 Å². The second-order valence-electron chi connectivity index (χ2n) is 11.1. The Kier molecular flexibility index (Phi) is 9.02. The molecule has 0 saturated carbocycles. The summed E-state index contributed by atoms with van der Waals surface area (Å²) in [5.41, 5.74) is 4.59. The maximum atomic E-state index is 14.2. The highest BCUT2D eigenvalue weighted by molar-refractivity contribution is 6.33. The zero-order chi connectivity index (χ0) is 31.3. The van der Waals surface area contributed by atoms with Gasteiger partial charge in [0.05, 0.1) is 17.6 Å². The molecule has 1 atom stereocenters. The van der Waals surface area contributed by atoms with E-state index in [-0.39, 0.29) is 24.3 Å². The lowest BCUT2D eigenvalue weighted by atomic mass is 10.0. The fraction of sp³-hybridized carbons (Fsp3) is 0.294. The van der Waals surface area contributed by atoms with E-state index in [4.69, 9.17) is 21.3 Å². The van der Waals surface area contributed by atoms with Gasteiger partial charge in [-0.2, -0.15) is 4.98 Å². The third-order valence-electron chi connectivity index (χ3n) is 7.97. The fourth-order valence-corrected chi connectivity index (χ4v) is 6.04. The van der Waals surface area contributed by atoms with E-state index in [0.717, 1.165) is 29.7 Å². The van der Waals surface area contributed by atoms with E-state index in [1.807, 2.05) is 56.3 Å². The summed E-state index contributed by atoms with van der Waals surface area (Å²) in [7, 11) is 0. The molecule has 1 unspecified atom stereocenters. The summed E-state index contributed by atoms with van der Waals surface area (Å²) in [6.07, 6.45) is 7.03. The van der Waals surface area contributed by atoms with Crippen molar-refractivity contribution < 1.29 is 9.53 Å². The molecule has 10 nitrogen and oxygen atoms in total. The molecule has 2 aromatic carbocycles. The Balaban J connectivity index is 1.30. The third-order valence-corrected chi connectivity index (χ3v) is 8.29. The first-order valence-corrected chi connectivity index (χ1v) is 15.5. The monoisotopic (exact) mass is 623 g/mol. The van der Waals surface area contributed by atoms with Gasteiger partial charge in [0.15, 0.2) is 0 Å². The number of nitrogens with zero attached hydrogens (tertiary/aromatic N) is 6. The molecule has 1 aliphatic rings. The van der Waals surface area contributed by atoms with Gasteiger partial charge in [0, 0.05) is 65.2 Å². The van der Waals surface area contributed by atoms with E-state index in [2.05, 4.69) is 20.3 Å². The average Bonchev–Trinajstić information content (AvgIpc) is 3.53. The SMILES string of the molecule is CCNc1ncc2cc(-c3ccc(-c4cncc(C)n4)cc3Cl)c(=O)n(CCC3CCCN3C(=O)OCc3ccccc3)c2n1. The van der Waals surface area contributed by atoms with Gasteiger partial charge in [0.1, 0.15) is 12.3 Å². The number of aromatic nitrogens is 5. The second kappa shape index (κ2) is 13.4. The van der Waals surface area contributed by atoms with Gasteiger partial charge < -0.3 is 15.0 Å². The highest BCUT2D eigenvalue weighted by Crippen LogP contribution is 2.32. The van der Waals surface area contributed by atoms with Crippen molar-refractivity contribution in [2.75, 3.05) is 18.4 Å². The molecule has 0 bridgehead atoms. The smallest absolute Gasteiger partial charge is 0.410 e. The number of rotatable bonds is 9. The molecule has 11 heteroatoms. The largest absolute Gasteiger partial charge is 0.445 e. The van der Waals surface area contributed by atoms with Gasteiger partial charge >= 0.3 is 6.09 Å². The first-order valence-electron chi connectivity index (χ1n) is 15.1. The number of amides is 1. The molecule has 45 heavy (non-hydrogen) atoms. The van der Waals surface area contributed by atoms with Crippen LogP contribution in [-0.4, -0.2) is 54.6 Å². The Hall–Kier alpha value is -4.83. The van der Waals surface area contributed by atoms with Crippen molar-refractivity contribution in [2.24, 2.45) is 0 Å². The Morgan fingerprint density at radius 1 is 1.07 bits per heavy atom. The Morgan fingerprint density at radius 2 is 1.91 bits per heavy atom. The standard InChI is InChI=1S/C34H34ClN7O3/c1-3-37-33-38-19-25-16-28(27-12-11-24(17-29(27)35)30-20-36-18-22(2)39-30)32(43)42(31(25)40-33)15-13-26-10-7-14-41(26)34(44)45-21-23-8-5-4-6-9-23/h4-6,8-9,11-12,16-20,26H,3,7,10,13-15,21H2,1-2H3,(H,37,38,40). The Labute approximate surface area is 266 Å². The number of hydrogen-bond donors (Lipinski definition) is 1. The molecule has 3 aromatic heterocycles. The van der Waals surface area contributed by atoms with Crippen LogP contribution in [0.25, 0.3) is 33.4 Å². The van der Waals surface area contributed by atoms with Gasteiger partial charge in [-0.05, 0) is 50.8 Å². The topological polar surface area (TPSA) is 115 Å². The summed E-state index contributed by atoms with van der Waals surface area (Å²) in [5, 5.41) is 4.27. The van der Waals surface area contributed by atoms with Gasteiger partial charge in [-0.3, -0.25) is 14.3 Å². The van der Waals surface area contributed by atoms with Crippen molar-refractivity contribution in [3.8, 4) is 22.4 Å². The molecule has 1 fully saturated rings. The van der Waals surface area contributed by atoms with Gasteiger partial charge in [0.25, 0.3) is 5.56 Å². The number of fused-ring (bicyclic) bond motifs is 1. The summed E-state index contributed by atoms with van der Waals surface area (Å²) in [6, 6.07) is 16.9. The van der Waals surface area contributed by atoms with E-state index in [1.54, 1.807) is 40.2 Å². The van der Waals surface area contributed by atoms with Gasteiger partial charge in [-0.25, -0.2) is 14.8 Å². The third kappa shape index (κ3) is 6.66. The molecule has 4 heterocycles. The molecule has 0 radical (unpaired) electrons. The molecular weight excluding hydrogens is 590 g/mol. The maximum absolute atomic E-state index is 14.2. The lowest BCUT2D eigenvalue weighted by Crippen LogP contribution is -2.37. The minimum Gasteiger partial charge on any atom is -0.445 e. The fourth-order valence-electron chi connectivity index (χ4n) is 5.75. The lowest BCUT2D eigenvalue weighted by molar-refractivity contribution is 0.0902. The van der Waals surface area contributed by atoms with Crippen LogP contribution in [0.15, 0.2) is 78.0 Å². The van der Waals surface area contributed by atoms with Crippen LogP contribution in [0.3, 0.4) is 0 Å². The number of carbonyl (C=O) groups excluding carboxylic acids is 1. The van der Waals surface area contributed by atoms with E-state index >= 15 is 0 Å². The summed E-state index contributed by atoms with van der Waals surface area (Å²) < 4.78 is 7.31. The zero-order valence-electron chi connectivity index (χ0n) is 25.2. The minimum absolute atomic E-state index is 0.0627. The Bertz CT molecular complexity index is 1900. The van der Waals surface area contributed by atoms with E-state index < -0.39 is 0 Å². The molecular formula is C34H34ClN7O3. The molecule has 0 spiro atoms. The first kappa shape index (κ1) is 30.2. The highest BCUT2D eigenvalue weighted by Gasteiger charge is 2.30. The number of hydrogen-bond acceptors (Lipinski definition) is 8. The number of anilines is 1. The number of benzene rings is 2. The van der Waals surface area contributed by atoms with Crippen LogP contribution in [0, 0.1) is 6.92 Å². The van der Waals surface area contributed by atoms with E-state index in [0.29, 0.717) is 64.9 Å². The number of halogens is 1. The van der Waals surface area contributed by atoms with Gasteiger partial charge in [-0.15, -0.1) is 0 Å². The van der Waals surface area contributed by atoms with Crippen molar-refractivity contribution in [1.82, 2.24) is 29.4 Å². The van der Waals surface area contributed by atoms with Crippen LogP contribution in [0.4, 0.5) is 10.7 Å². The van der Waals surface area contributed by atoms with Crippen LogP contribution < -0.4 is 10.9 Å². The summed E-state index contributed by atoms with van der Waals surface area (Å²) in [6.45, 7) is 5.68. The van der Waals surface area contributed by atoms with Crippen molar-refractivity contribution in [3.05, 3.63) is 99.8 Å². The average molecular weight is 624 g/mol. The minimum atomic E-state index is -0.339. The highest BCUT2D eigenvalue weighted by atomic mass is 35.5. The van der Waals surface area contributed by atoms with E-state index in [9.17, 15) is 9.59 Å². The molecule has 1 N–H and O–H groups in total. The molecule has 5 aromatic rings. The molecule has 1 saturated heterocycles. The number of aryl methyl sites for hydroxylation is 2. The van der Waals surface area contributed by atoms with Crippen molar-refractivity contribution in [1.29, 1.82) is 0 Å². The molecule has 1 aliphatic heterocycles. The van der Waals surface area contributed by atoms with Crippen molar-refractivity contribution >= 4 is 34.7 Å². The van der Waals surface area contributed by atoms with Crippen LogP contribution in [0.5, 0.6) is 0 Å². The van der Waals surface area contributed by atoms with Gasteiger partial charge in [-0.1, -0.05) is 54.1 Å². The van der Waals surface area contributed by atoms with Crippen LogP contribution in [0.1, 0.15) is 37.4 Å². The first-order chi connectivity index (χ1) is 21.9. The Morgan fingerprint density at radius 3 is 2.69 bits per heavy atom.